The molecule has 2 unspecified atom stereocenters. The molecule has 2 rings (SSSR count). The van der Waals surface area contributed by atoms with Crippen LogP contribution in [0.15, 0.2) is 12.1 Å². The number of benzene rings is 1. The first-order valence-electron chi connectivity index (χ1n) is 4.97. The molecule has 0 heterocycles. The van der Waals surface area contributed by atoms with Gasteiger partial charge in [0.25, 0.3) is 0 Å². The summed E-state index contributed by atoms with van der Waals surface area (Å²) in [7, 11) is 0. The molecule has 2 N–H and O–H groups in total. The number of hydrogen-bond donors (Lipinski definition) is 1. The van der Waals surface area contributed by atoms with Crippen molar-refractivity contribution < 1.29 is 0 Å². The van der Waals surface area contributed by atoms with E-state index < -0.39 is 0 Å². The zero-order chi connectivity index (χ0) is 9.59. The molecule has 0 amide bonds. The van der Waals surface area contributed by atoms with Gasteiger partial charge < -0.3 is 5.73 Å². The fraction of sp³-hybridized carbons (Fsp3) is 0.500. The maximum absolute atomic E-state index is 6.11. The molecule has 1 aromatic carbocycles. The molecule has 0 aliphatic heterocycles. The van der Waals surface area contributed by atoms with Crippen LogP contribution in [-0.2, 0) is 0 Å². The van der Waals surface area contributed by atoms with Crippen molar-refractivity contribution >= 4 is 0 Å². The van der Waals surface area contributed by atoms with Gasteiger partial charge in [-0.05, 0) is 48.4 Å². The van der Waals surface area contributed by atoms with Crippen LogP contribution in [0.25, 0.3) is 0 Å². The summed E-state index contributed by atoms with van der Waals surface area (Å²) in [6.45, 7) is 6.63. The Morgan fingerprint density at radius 1 is 1.15 bits per heavy atom. The first-order chi connectivity index (χ1) is 6.11. The summed E-state index contributed by atoms with van der Waals surface area (Å²) < 4.78 is 0. The van der Waals surface area contributed by atoms with Crippen LogP contribution in [0.1, 0.15) is 47.6 Å². The summed E-state index contributed by atoms with van der Waals surface area (Å²) in [5.41, 5.74) is 11.8. The normalized spacial score (nSPS) is 26.2. The molecule has 70 valence electrons. The molecule has 1 nitrogen and oxygen atoms in total. The van der Waals surface area contributed by atoms with E-state index in [2.05, 4.69) is 32.9 Å². The quantitative estimate of drug-likeness (QED) is 0.644. The van der Waals surface area contributed by atoms with Gasteiger partial charge in [0.2, 0.25) is 0 Å². The lowest BCUT2D eigenvalue weighted by molar-refractivity contribution is 0.638. The minimum Gasteiger partial charge on any atom is -0.324 e. The number of aryl methyl sites for hydroxylation is 2. The molecule has 1 aliphatic rings. The number of nitrogens with two attached hydrogens (primary N) is 1. The standard InChI is InChI=1S/C12H17N/c1-7-4-5-8(2)12-10(13)6-9(3)11(7)12/h4-5,9-10H,6,13H2,1-3H3. The Labute approximate surface area is 80.0 Å². The smallest absolute Gasteiger partial charge is 0.0306 e. The van der Waals surface area contributed by atoms with E-state index in [1.54, 1.807) is 0 Å². The lowest BCUT2D eigenvalue weighted by Gasteiger charge is -2.11. The summed E-state index contributed by atoms with van der Waals surface area (Å²) >= 11 is 0. The molecular formula is C12H17N. The SMILES string of the molecule is Cc1ccc(C)c2c1C(C)CC2N. The van der Waals surface area contributed by atoms with E-state index in [-0.39, 0.29) is 6.04 Å². The Hall–Kier alpha value is -0.820. The molecule has 1 heteroatoms. The summed E-state index contributed by atoms with van der Waals surface area (Å²) in [4.78, 5) is 0. The van der Waals surface area contributed by atoms with Crippen molar-refractivity contribution in [2.45, 2.75) is 39.2 Å². The fourth-order valence-electron chi connectivity index (χ4n) is 2.62. The van der Waals surface area contributed by atoms with E-state index in [1.165, 1.54) is 22.3 Å². The van der Waals surface area contributed by atoms with Crippen LogP contribution < -0.4 is 5.73 Å². The third kappa shape index (κ3) is 1.19. The van der Waals surface area contributed by atoms with Crippen LogP contribution in [0.2, 0.25) is 0 Å². The maximum atomic E-state index is 6.11. The highest BCUT2D eigenvalue weighted by Gasteiger charge is 2.27. The van der Waals surface area contributed by atoms with Crippen LogP contribution in [0.3, 0.4) is 0 Å². The lowest BCUT2D eigenvalue weighted by atomic mass is 9.95. The lowest BCUT2D eigenvalue weighted by Crippen LogP contribution is -2.07. The molecular weight excluding hydrogens is 158 g/mol. The molecule has 0 aromatic heterocycles. The molecule has 2 atom stereocenters. The summed E-state index contributed by atoms with van der Waals surface area (Å²) in [6.07, 6.45) is 1.11. The highest BCUT2D eigenvalue weighted by atomic mass is 14.7. The van der Waals surface area contributed by atoms with Gasteiger partial charge in [0.05, 0.1) is 0 Å². The van der Waals surface area contributed by atoms with Crippen molar-refractivity contribution in [2.75, 3.05) is 0 Å². The molecule has 0 bridgehead atoms. The fourth-order valence-corrected chi connectivity index (χ4v) is 2.62. The van der Waals surface area contributed by atoms with Gasteiger partial charge in [0, 0.05) is 6.04 Å². The highest BCUT2D eigenvalue weighted by Crippen LogP contribution is 2.41. The second kappa shape index (κ2) is 2.85. The first kappa shape index (κ1) is 8.76. The number of rotatable bonds is 0. The number of hydrogen-bond acceptors (Lipinski definition) is 1. The van der Waals surface area contributed by atoms with Gasteiger partial charge in [-0.2, -0.15) is 0 Å². The van der Waals surface area contributed by atoms with Gasteiger partial charge >= 0.3 is 0 Å². The Balaban J connectivity index is 2.67. The van der Waals surface area contributed by atoms with Crippen molar-refractivity contribution in [3.8, 4) is 0 Å². The minimum absolute atomic E-state index is 0.268. The molecule has 13 heavy (non-hydrogen) atoms. The van der Waals surface area contributed by atoms with E-state index >= 15 is 0 Å². The Morgan fingerprint density at radius 2 is 1.69 bits per heavy atom. The van der Waals surface area contributed by atoms with Gasteiger partial charge in [-0.15, -0.1) is 0 Å². The van der Waals surface area contributed by atoms with E-state index in [0.29, 0.717) is 5.92 Å². The molecule has 0 saturated carbocycles. The first-order valence-corrected chi connectivity index (χ1v) is 4.97. The van der Waals surface area contributed by atoms with Crippen molar-refractivity contribution in [1.82, 2.24) is 0 Å². The predicted molar refractivity (Wildman–Crippen MR) is 55.9 cm³/mol. The summed E-state index contributed by atoms with van der Waals surface area (Å²) in [5.74, 6) is 0.643. The molecule has 0 spiro atoms. The van der Waals surface area contributed by atoms with Crippen molar-refractivity contribution in [3.63, 3.8) is 0 Å². The Morgan fingerprint density at radius 3 is 2.23 bits per heavy atom. The van der Waals surface area contributed by atoms with Crippen LogP contribution in [-0.4, -0.2) is 0 Å². The second-order valence-electron chi connectivity index (χ2n) is 4.27. The third-order valence-corrected chi connectivity index (χ3v) is 3.19. The molecule has 1 aliphatic carbocycles. The second-order valence-corrected chi connectivity index (χ2v) is 4.27. The zero-order valence-corrected chi connectivity index (χ0v) is 8.59. The van der Waals surface area contributed by atoms with E-state index in [0.717, 1.165) is 6.42 Å². The molecule has 0 radical (unpaired) electrons. The van der Waals surface area contributed by atoms with Gasteiger partial charge in [-0.25, -0.2) is 0 Å². The van der Waals surface area contributed by atoms with Crippen LogP contribution in [0.4, 0.5) is 0 Å². The zero-order valence-electron chi connectivity index (χ0n) is 8.59. The topological polar surface area (TPSA) is 26.0 Å². The van der Waals surface area contributed by atoms with Crippen molar-refractivity contribution in [3.05, 3.63) is 34.4 Å². The monoisotopic (exact) mass is 175 g/mol. The number of fused-ring (bicyclic) bond motifs is 1. The van der Waals surface area contributed by atoms with E-state index in [9.17, 15) is 0 Å². The van der Waals surface area contributed by atoms with Gasteiger partial charge in [0.15, 0.2) is 0 Å². The average molecular weight is 175 g/mol. The van der Waals surface area contributed by atoms with E-state index in [1.807, 2.05) is 0 Å². The van der Waals surface area contributed by atoms with Crippen LogP contribution in [0.5, 0.6) is 0 Å². The maximum Gasteiger partial charge on any atom is 0.0306 e. The third-order valence-electron chi connectivity index (χ3n) is 3.19. The largest absolute Gasteiger partial charge is 0.324 e. The Bertz CT molecular complexity index is 308. The highest BCUT2D eigenvalue weighted by molar-refractivity contribution is 5.47. The van der Waals surface area contributed by atoms with Gasteiger partial charge in [-0.1, -0.05) is 19.1 Å². The van der Waals surface area contributed by atoms with Crippen LogP contribution >= 0.6 is 0 Å². The van der Waals surface area contributed by atoms with Crippen LogP contribution in [0, 0.1) is 13.8 Å². The molecule has 0 saturated heterocycles. The Kier molecular flexibility index (Phi) is 1.92. The summed E-state index contributed by atoms with van der Waals surface area (Å²) in [6, 6.07) is 4.67. The minimum atomic E-state index is 0.268. The summed E-state index contributed by atoms with van der Waals surface area (Å²) in [5, 5.41) is 0. The van der Waals surface area contributed by atoms with Gasteiger partial charge in [0.1, 0.15) is 0 Å². The molecule has 0 fully saturated rings. The van der Waals surface area contributed by atoms with Gasteiger partial charge in [-0.3, -0.25) is 0 Å². The predicted octanol–water partition coefficient (Wildman–Crippen LogP) is 2.81. The molecule has 1 aromatic rings. The van der Waals surface area contributed by atoms with E-state index in [4.69, 9.17) is 5.73 Å². The average Bonchev–Trinajstić information content (AvgIpc) is 2.36. The van der Waals surface area contributed by atoms with Crippen molar-refractivity contribution in [2.24, 2.45) is 5.73 Å². The van der Waals surface area contributed by atoms with Crippen molar-refractivity contribution in [1.29, 1.82) is 0 Å².